The predicted octanol–water partition coefficient (Wildman–Crippen LogP) is 1.16. The fourth-order valence-corrected chi connectivity index (χ4v) is 3.16. The monoisotopic (exact) mass is 331 g/mol. The highest BCUT2D eigenvalue weighted by Crippen LogP contribution is 2.37. The van der Waals surface area contributed by atoms with Crippen LogP contribution in [0, 0.1) is 12.3 Å². The second kappa shape index (κ2) is 6.10. The Morgan fingerprint density at radius 1 is 1.42 bits per heavy atom. The van der Waals surface area contributed by atoms with Gasteiger partial charge in [0.15, 0.2) is 5.69 Å². The molecular weight excluding hydrogens is 310 g/mol. The summed E-state index contributed by atoms with van der Waals surface area (Å²) < 4.78 is 7.19. The summed E-state index contributed by atoms with van der Waals surface area (Å²) in [6.07, 6.45) is 6.70. The van der Waals surface area contributed by atoms with E-state index in [-0.39, 0.29) is 24.1 Å². The van der Waals surface area contributed by atoms with Crippen LogP contribution in [0.4, 0.5) is 0 Å². The lowest BCUT2D eigenvalue weighted by Gasteiger charge is -2.24. The van der Waals surface area contributed by atoms with Crippen LogP contribution in [0.25, 0.3) is 11.5 Å². The first-order valence-corrected chi connectivity index (χ1v) is 7.96. The molecule has 0 radical (unpaired) electrons. The predicted molar refractivity (Wildman–Crippen MR) is 85.9 cm³/mol. The van der Waals surface area contributed by atoms with Crippen molar-refractivity contribution < 1.29 is 14.0 Å². The molecular formula is C16H21N5O3. The zero-order chi connectivity index (χ0) is 17.3. The number of oxazole rings is 1. The molecule has 2 amide bonds. The van der Waals surface area contributed by atoms with E-state index in [1.165, 1.54) is 0 Å². The maximum Gasteiger partial charge on any atom is 0.273 e. The van der Waals surface area contributed by atoms with Crippen molar-refractivity contribution >= 4 is 11.8 Å². The largest absolute Gasteiger partial charge is 0.440 e. The Bertz CT molecular complexity index is 771. The third-order valence-electron chi connectivity index (χ3n) is 4.63. The van der Waals surface area contributed by atoms with Crippen LogP contribution in [0.2, 0.25) is 0 Å². The minimum atomic E-state index is -0.639. The van der Waals surface area contributed by atoms with Gasteiger partial charge in [-0.1, -0.05) is 12.8 Å². The van der Waals surface area contributed by atoms with Gasteiger partial charge in [-0.05, 0) is 19.8 Å². The molecule has 1 fully saturated rings. The molecule has 0 aromatic carbocycles. The van der Waals surface area contributed by atoms with Gasteiger partial charge in [-0.15, -0.1) is 0 Å². The molecule has 1 saturated carbocycles. The van der Waals surface area contributed by atoms with Gasteiger partial charge in [0.2, 0.25) is 11.8 Å². The van der Waals surface area contributed by atoms with Gasteiger partial charge in [0.25, 0.3) is 5.91 Å². The summed E-state index contributed by atoms with van der Waals surface area (Å²) in [5, 5.41) is 6.85. The first kappa shape index (κ1) is 16.2. The molecule has 8 heteroatoms. The average molecular weight is 331 g/mol. The van der Waals surface area contributed by atoms with Crippen molar-refractivity contribution in [3.05, 3.63) is 23.8 Å². The van der Waals surface area contributed by atoms with Crippen molar-refractivity contribution in [1.29, 1.82) is 0 Å². The molecule has 1 aliphatic rings. The van der Waals surface area contributed by atoms with Gasteiger partial charge in [-0.2, -0.15) is 5.10 Å². The fraction of sp³-hybridized carbons (Fsp3) is 0.500. The van der Waals surface area contributed by atoms with Gasteiger partial charge in [-0.3, -0.25) is 14.3 Å². The number of primary amides is 1. The van der Waals surface area contributed by atoms with Crippen LogP contribution in [0.5, 0.6) is 0 Å². The number of amides is 2. The van der Waals surface area contributed by atoms with E-state index in [1.807, 2.05) is 0 Å². The van der Waals surface area contributed by atoms with Crippen molar-refractivity contribution in [1.82, 2.24) is 20.1 Å². The molecule has 0 bridgehead atoms. The summed E-state index contributed by atoms with van der Waals surface area (Å²) >= 11 is 0. The van der Waals surface area contributed by atoms with Crippen LogP contribution in [-0.2, 0) is 11.8 Å². The highest BCUT2D eigenvalue weighted by atomic mass is 16.4. The zero-order valence-corrected chi connectivity index (χ0v) is 13.8. The molecule has 3 N–H and O–H groups in total. The summed E-state index contributed by atoms with van der Waals surface area (Å²) in [6.45, 7) is 1.91. The number of aryl methyl sites for hydroxylation is 2. The Balaban J connectivity index is 1.73. The lowest BCUT2D eigenvalue weighted by atomic mass is 9.85. The van der Waals surface area contributed by atoms with E-state index >= 15 is 0 Å². The minimum Gasteiger partial charge on any atom is -0.440 e. The maximum absolute atomic E-state index is 12.4. The van der Waals surface area contributed by atoms with E-state index < -0.39 is 5.41 Å². The van der Waals surface area contributed by atoms with Crippen molar-refractivity contribution in [3.63, 3.8) is 0 Å². The molecule has 8 nitrogen and oxygen atoms in total. The van der Waals surface area contributed by atoms with Crippen molar-refractivity contribution in [2.45, 2.75) is 32.6 Å². The molecule has 1 aliphatic carbocycles. The smallest absolute Gasteiger partial charge is 0.273 e. The molecule has 0 spiro atoms. The van der Waals surface area contributed by atoms with Gasteiger partial charge in [0, 0.05) is 19.8 Å². The van der Waals surface area contributed by atoms with Crippen molar-refractivity contribution in [2.24, 2.45) is 18.2 Å². The summed E-state index contributed by atoms with van der Waals surface area (Å²) in [5.41, 5.74) is 5.81. The number of nitrogens with one attached hydrogen (secondary N) is 1. The Morgan fingerprint density at radius 2 is 2.12 bits per heavy atom. The number of nitrogens with two attached hydrogens (primary N) is 1. The third-order valence-corrected chi connectivity index (χ3v) is 4.63. The van der Waals surface area contributed by atoms with E-state index in [1.54, 1.807) is 31.0 Å². The normalized spacial score (nSPS) is 16.2. The van der Waals surface area contributed by atoms with Crippen LogP contribution in [0.15, 0.2) is 16.8 Å². The molecule has 0 unspecified atom stereocenters. The summed E-state index contributed by atoms with van der Waals surface area (Å²) in [5.74, 6) is 0.0502. The Labute approximate surface area is 139 Å². The number of aromatic nitrogens is 3. The van der Waals surface area contributed by atoms with Gasteiger partial charge in [-0.25, -0.2) is 4.98 Å². The molecule has 2 aromatic heterocycles. The molecule has 0 saturated heterocycles. The average Bonchev–Trinajstić information content (AvgIpc) is 3.24. The Hall–Kier alpha value is -2.64. The lowest BCUT2D eigenvalue weighted by Crippen LogP contribution is -2.44. The van der Waals surface area contributed by atoms with Crippen LogP contribution >= 0.6 is 0 Å². The number of carbonyl (C=O) groups excluding carboxylic acids is 2. The second-order valence-corrected chi connectivity index (χ2v) is 6.36. The first-order chi connectivity index (χ1) is 11.4. The molecule has 0 atom stereocenters. The van der Waals surface area contributed by atoms with Crippen molar-refractivity contribution in [2.75, 3.05) is 6.54 Å². The van der Waals surface area contributed by atoms with Crippen LogP contribution in [0.1, 0.15) is 41.9 Å². The fourth-order valence-electron chi connectivity index (χ4n) is 3.16. The van der Waals surface area contributed by atoms with E-state index in [9.17, 15) is 9.59 Å². The van der Waals surface area contributed by atoms with E-state index in [4.69, 9.17) is 10.2 Å². The number of rotatable bonds is 5. The first-order valence-electron chi connectivity index (χ1n) is 7.96. The second-order valence-electron chi connectivity index (χ2n) is 6.36. The topological polar surface area (TPSA) is 116 Å². The minimum absolute atomic E-state index is 0.214. The summed E-state index contributed by atoms with van der Waals surface area (Å²) in [7, 11) is 1.79. The number of hydrogen-bond donors (Lipinski definition) is 2. The van der Waals surface area contributed by atoms with Gasteiger partial charge >= 0.3 is 0 Å². The number of nitrogens with zero attached hydrogens (tertiary/aromatic N) is 3. The maximum atomic E-state index is 12.4. The highest BCUT2D eigenvalue weighted by molar-refractivity contribution is 5.94. The van der Waals surface area contributed by atoms with Crippen LogP contribution in [-0.4, -0.2) is 33.1 Å². The number of hydrogen-bond acceptors (Lipinski definition) is 5. The van der Waals surface area contributed by atoms with E-state index in [0.29, 0.717) is 30.1 Å². The van der Waals surface area contributed by atoms with Crippen LogP contribution in [0.3, 0.4) is 0 Å². The quantitative estimate of drug-likeness (QED) is 0.853. The molecule has 3 rings (SSSR count). The summed E-state index contributed by atoms with van der Waals surface area (Å²) in [4.78, 5) is 28.4. The lowest BCUT2D eigenvalue weighted by molar-refractivity contribution is -0.127. The standard InChI is InChI=1S/C16H21N5O3/c1-10-12(20-14(24-10)11-7-19-21(2)8-11)13(22)18-9-16(15(17)23)5-3-4-6-16/h7-8H,3-6,9H2,1-2H3,(H2,17,23)(H,18,22). The van der Waals surface area contributed by atoms with Crippen molar-refractivity contribution in [3.8, 4) is 11.5 Å². The highest BCUT2D eigenvalue weighted by Gasteiger charge is 2.40. The van der Waals surface area contributed by atoms with Gasteiger partial charge in [0.1, 0.15) is 5.76 Å². The van der Waals surface area contributed by atoms with Crippen LogP contribution < -0.4 is 11.1 Å². The molecule has 2 aromatic rings. The Morgan fingerprint density at radius 3 is 2.71 bits per heavy atom. The molecule has 0 aliphatic heterocycles. The SMILES string of the molecule is Cc1oc(-c2cnn(C)c2)nc1C(=O)NCC1(C(N)=O)CCCC1. The third kappa shape index (κ3) is 2.91. The van der Waals surface area contributed by atoms with E-state index in [0.717, 1.165) is 12.8 Å². The summed E-state index contributed by atoms with van der Waals surface area (Å²) in [6, 6.07) is 0. The van der Waals surface area contributed by atoms with Gasteiger partial charge in [0.05, 0.1) is 17.2 Å². The Kier molecular flexibility index (Phi) is 4.13. The zero-order valence-electron chi connectivity index (χ0n) is 13.8. The van der Waals surface area contributed by atoms with Gasteiger partial charge < -0.3 is 15.5 Å². The number of carbonyl (C=O) groups is 2. The molecule has 24 heavy (non-hydrogen) atoms. The van der Waals surface area contributed by atoms with E-state index in [2.05, 4.69) is 15.4 Å². The molecule has 2 heterocycles. The molecule has 128 valence electrons.